The number of morpholine rings is 1. The summed E-state index contributed by atoms with van der Waals surface area (Å²) in [6, 6.07) is 3.34. The Balaban J connectivity index is 1.86. The van der Waals surface area contributed by atoms with E-state index in [-0.39, 0.29) is 11.4 Å². The normalized spacial score (nSPS) is 26.9. The second kappa shape index (κ2) is 5.07. The average Bonchev–Trinajstić information content (AvgIpc) is 2.88. The summed E-state index contributed by atoms with van der Waals surface area (Å²) in [5, 5.41) is 0.525. The van der Waals surface area contributed by atoms with Gasteiger partial charge in [0.15, 0.2) is 0 Å². The van der Waals surface area contributed by atoms with Crippen molar-refractivity contribution >= 4 is 17.5 Å². The largest absolute Gasteiger partial charge is 0.379 e. The van der Waals surface area contributed by atoms with Gasteiger partial charge in [-0.15, -0.1) is 0 Å². The highest BCUT2D eigenvalue weighted by atomic mass is 35.5. The molecule has 102 valence electrons. The van der Waals surface area contributed by atoms with Crippen LogP contribution in [0, 0.1) is 0 Å². The number of hydrogen-bond donors (Lipinski definition) is 0. The Morgan fingerprint density at radius 2 is 2.11 bits per heavy atom. The van der Waals surface area contributed by atoms with E-state index in [0.717, 1.165) is 6.42 Å². The fourth-order valence-electron chi connectivity index (χ4n) is 2.61. The topological polar surface area (TPSA) is 51.7 Å². The first kappa shape index (κ1) is 12.8. The minimum atomic E-state index is -0.323. The first-order valence-corrected chi connectivity index (χ1v) is 6.68. The van der Waals surface area contributed by atoms with E-state index >= 15 is 0 Å². The van der Waals surface area contributed by atoms with Crippen LogP contribution in [0.4, 0.5) is 0 Å². The van der Waals surface area contributed by atoms with Gasteiger partial charge in [-0.3, -0.25) is 4.79 Å². The highest BCUT2D eigenvalue weighted by molar-refractivity contribution is 6.30. The maximum absolute atomic E-state index is 12.6. The Morgan fingerprint density at radius 3 is 2.79 bits per heavy atom. The third kappa shape index (κ3) is 2.33. The molecule has 0 saturated carbocycles. The van der Waals surface area contributed by atoms with Crippen molar-refractivity contribution in [2.75, 3.05) is 33.0 Å². The van der Waals surface area contributed by atoms with E-state index in [1.165, 1.54) is 6.20 Å². The van der Waals surface area contributed by atoms with Gasteiger partial charge in [0.25, 0.3) is 5.91 Å². The number of halogens is 1. The molecule has 1 spiro atoms. The van der Waals surface area contributed by atoms with Gasteiger partial charge in [-0.2, -0.15) is 0 Å². The van der Waals surface area contributed by atoms with Gasteiger partial charge in [0.1, 0.15) is 5.69 Å². The molecule has 1 aromatic rings. The smallest absolute Gasteiger partial charge is 0.273 e. The Hall–Kier alpha value is -1.17. The van der Waals surface area contributed by atoms with E-state index in [2.05, 4.69) is 4.98 Å². The molecule has 3 heterocycles. The predicted molar refractivity (Wildman–Crippen MR) is 69.3 cm³/mol. The molecule has 0 unspecified atom stereocenters. The van der Waals surface area contributed by atoms with Gasteiger partial charge < -0.3 is 14.4 Å². The quantitative estimate of drug-likeness (QED) is 0.781. The van der Waals surface area contributed by atoms with Crippen molar-refractivity contribution < 1.29 is 14.3 Å². The van der Waals surface area contributed by atoms with Crippen LogP contribution >= 0.6 is 11.6 Å². The molecule has 0 radical (unpaired) electrons. The molecule has 5 nitrogen and oxygen atoms in total. The molecule has 1 amide bonds. The molecular weight excluding hydrogens is 268 g/mol. The molecule has 0 aliphatic carbocycles. The highest BCUT2D eigenvalue weighted by Crippen LogP contribution is 2.30. The fourth-order valence-corrected chi connectivity index (χ4v) is 2.73. The van der Waals surface area contributed by atoms with Gasteiger partial charge >= 0.3 is 0 Å². The number of amides is 1. The SMILES string of the molecule is O=C(c1ccc(Cl)cn1)N1CCOC[C@]12CCOC2. The highest BCUT2D eigenvalue weighted by Gasteiger charge is 2.45. The number of ether oxygens (including phenoxy) is 2. The van der Waals surface area contributed by atoms with Crippen LogP contribution < -0.4 is 0 Å². The molecule has 0 aromatic carbocycles. The van der Waals surface area contributed by atoms with E-state index in [1.807, 2.05) is 4.90 Å². The monoisotopic (exact) mass is 282 g/mol. The predicted octanol–water partition coefficient (Wildman–Crippen LogP) is 1.37. The molecule has 19 heavy (non-hydrogen) atoms. The summed E-state index contributed by atoms with van der Waals surface area (Å²) in [6.07, 6.45) is 2.30. The third-order valence-corrected chi connectivity index (χ3v) is 3.90. The molecule has 2 saturated heterocycles. The minimum Gasteiger partial charge on any atom is -0.379 e. The second-order valence-electron chi connectivity index (χ2n) is 4.90. The number of carbonyl (C=O) groups excluding carboxylic acids is 1. The van der Waals surface area contributed by atoms with Crippen LogP contribution in [-0.2, 0) is 9.47 Å². The minimum absolute atomic E-state index is 0.0783. The van der Waals surface area contributed by atoms with Crippen LogP contribution in [0.2, 0.25) is 5.02 Å². The van der Waals surface area contributed by atoms with E-state index in [4.69, 9.17) is 21.1 Å². The Kier molecular flexibility index (Phi) is 3.43. The summed E-state index contributed by atoms with van der Waals surface area (Å²) >= 11 is 5.80. The summed E-state index contributed by atoms with van der Waals surface area (Å²) in [4.78, 5) is 18.5. The average molecular weight is 283 g/mol. The van der Waals surface area contributed by atoms with E-state index in [1.54, 1.807) is 12.1 Å². The standard InChI is InChI=1S/C13H15ClN2O3/c14-10-1-2-11(15-7-10)12(17)16-4-6-19-9-13(16)3-5-18-8-13/h1-2,7H,3-6,8-9H2/t13-/m1/s1. The van der Waals surface area contributed by atoms with Crippen molar-refractivity contribution in [1.82, 2.24) is 9.88 Å². The Morgan fingerprint density at radius 1 is 1.32 bits per heavy atom. The van der Waals surface area contributed by atoms with Crippen LogP contribution in [0.1, 0.15) is 16.9 Å². The number of nitrogens with zero attached hydrogens (tertiary/aromatic N) is 2. The summed E-state index contributed by atoms with van der Waals surface area (Å²) in [5.74, 6) is -0.0783. The van der Waals surface area contributed by atoms with Gasteiger partial charge in [0.05, 0.1) is 30.4 Å². The molecule has 1 aromatic heterocycles. The molecule has 2 aliphatic rings. The zero-order valence-electron chi connectivity index (χ0n) is 10.5. The zero-order valence-corrected chi connectivity index (χ0v) is 11.2. The molecule has 1 atom stereocenters. The number of carbonyl (C=O) groups is 1. The molecule has 2 aliphatic heterocycles. The number of pyridine rings is 1. The van der Waals surface area contributed by atoms with Gasteiger partial charge in [0, 0.05) is 19.3 Å². The van der Waals surface area contributed by atoms with E-state index < -0.39 is 0 Å². The van der Waals surface area contributed by atoms with Gasteiger partial charge in [-0.1, -0.05) is 11.6 Å². The first-order valence-electron chi connectivity index (χ1n) is 6.30. The number of hydrogen-bond acceptors (Lipinski definition) is 4. The molecule has 6 heteroatoms. The Bertz CT molecular complexity index is 471. The summed E-state index contributed by atoms with van der Waals surface area (Å²) in [6.45, 7) is 2.87. The second-order valence-corrected chi connectivity index (χ2v) is 5.33. The van der Waals surface area contributed by atoms with Crippen molar-refractivity contribution in [1.29, 1.82) is 0 Å². The number of rotatable bonds is 1. The van der Waals surface area contributed by atoms with Crippen molar-refractivity contribution in [2.45, 2.75) is 12.0 Å². The Labute approximate surface area is 116 Å². The first-order chi connectivity index (χ1) is 9.21. The molecule has 2 fully saturated rings. The van der Waals surface area contributed by atoms with Crippen LogP contribution in [-0.4, -0.2) is 54.3 Å². The van der Waals surface area contributed by atoms with E-state index in [9.17, 15) is 4.79 Å². The summed E-state index contributed by atoms with van der Waals surface area (Å²) < 4.78 is 11.0. The lowest BCUT2D eigenvalue weighted by Gasteiger charge is -2.43. The fraction of sp³-hybridized carbons (Fsp3) is 0.538. The van der Waals surface area contributed by atoms with Crippen LogP contribution in [0.5, 0.6) is 0 Å². The third-order valence-electron chi connectivity index (χ3n) is 3.68. The summed E-state index contributed by atoms with van der Waals surface area (Å²) in [5.41, 5.74) is 0.0917. The van der Waals surface area contributed by atoms with Crippen molar-refractivity contribution in [3.8, 4) is 0 Å². The molecule has 0 bridgehead atoms. The van der Waals surface area contributed by atoms with Crippen molar-refractivity contribution in [2.24, 2.45) is 0 Å². The van der Waals surface area contributed by atoms with Gasteiger partial charge in [-0.05, 0) is 18.6 Å². The maximum Gasteiger partial charge on any atom is 0.273 e. The van der Waals surface area contributed by atoms with Crippen LogP contribution in [0.15, 0.2) is 18.3 Å². The van der Waals surface area contributed by atoms with Crippen LogP contribution in [0.25, 0.3) is 0 Å². The summed E-state index contributed by atoms with van der Waals surface area (Å²) in [7, 11) is 0. The van der Waals surface area contributed by atoms with Crippen molar-refractivity contribution in [3.63, 3.8) is 0 Å². The van der Waals surface area contributed by atoms with E-state index in [0.29, 0.717) is 43.7 Å². The van der Waals surface area contributed by atoms with Crippen LogP contribution in [0.3, 0.4) is 0 Å². The zero-order chi connectivity index (χ0) is 13.3. The molecule has 3 rings (SSSR count). The molecule has 0 N–H and O–H groups in total. The molecular formula is C13H15ClN2O3. The number of aromatic nitrogens is 1. The maximum atomic E-state index is 12.6. The van der Waals surface area contributed by atoms with Gasteiger partial charge in [0.2, 0.25) is 0 Å². The van der Waals surface area contributed by atoms with Crippen molar-refractivity contribution in [3.05, 3.63) is 29.0 Å². The lowest BCUT2D eigenvalue weighted by molar-refractivity contribution is -0.0553. The van der Waals surface area contributed by atoms with Gasteiger partial charge in [-0.25, -0.2) is 4.98 Å². The lowest BCUT2D eigenvalue weighted by Crippen LogP contribution is -2.59. The lowest BCUT2D eigenvalue weighted by atomic mass is 9.95.